The van der Waals surface area contributed by atoms with Crippen molar-refractivity contribution in [3.05, 3.63) is 28.8 Å². The molecule has 4 nitrogen and oxygen atoms in total. The first-order valence-corrected chi connectivity index (χ1v) is 7.35. The van der Waals surface area contributed by atoms with Crippen molar-refractivity contribution in [2.45, 2.75) is 13.8 Å². The molecule has 0 saturated heterocycles. The first-order chi connectivity index (χ1) is 9.02. The molecule has 0 aliphatic heterocycles. The van der Waals surface area contributed by atoms with Gasteiger partial charge in [-0.3, -0.25) is 9.59 Å². The van der Waals surface area contributed by atoms with Crippen LogP contribution in [0.5, 0.6) is 0 Å². The molecular formula is C13H16ClNO3S. The Labute approximate surface area is 121 Å². The molecule has 104 valence electrons. The van der Waals surface area contributed by atoms with E-state index in [9.17, 15) is 9.59 Å². The molecule has 1 N–H and O–H groups in total. The van der Waals surface area contributed by atoms with Gasteiger partial charge in [0.2, 0.25) is 5.91 Å². The summed E-state index contributed by atoms with van der Waals surface area (Å²) in [5, 5.41) is 3.20. The second-order valence-electron chi connectivity index (χ2n) is 3.83. The topological polar surface area (TPSA) is 55.4 Å². The predicted molar refractivity (Wildman–Crippen MR) is 78.8 cm³/mol. The number of anilines is 1. The second-order valence-corrected chi connectivity index (χ2v) is 5.22. The van der Waals surface area contributed by atoms with Crippen LogP contribution in [-0.4, -0.2) is 30.0 Å². The van der Waals surface area contributed by atoms with Crippen molar-refractivity contribution in [2.75, 3.05) is 23.4 Å². The fourth-order valence-corrected chi connectivity index (χ4v) is 2.23. The SMILES string of the molecule is CCOC(=O)CSCC(=O)Nc1ccc(C)cc1Cl. The van der Waals surface area contributed by atoms with Crippen LogP contribution in [0.15, 0.2) is 18.2 Å². The van der Waals surface area contributed by atoms with Crippen LogP contribution >= 0.6 is 23.4 Å². The van der Waals surface area contributed by atoms with E-state index in [4.69, 9.17) is 16.3 Å². The Bertz CT molecular complexity index is 465. The third kappa shape index (κ3) is 5.98. The van der Waals surface area contributed by atoms with Crippen molar-refractivity contribution in [1.29, 1.82) is 0 Å². The van der Waals surface area contributed by atoms with Crippen LogP contribution in [0.1, 0.15) is 12.5 Å². The molecule has 0 unspecified atom stereocenters. The maximum atomic E-state index is 11.6. The number of aryl methyl sites for hydroxylation is 1. The van der Waals surface area contributed by atoms with Gasteiger partial charge in [-0.1, -0.05) is 17.7 Å². The average Bonchev–Trinajstić information content (AvgIpc) is 2.33. The van der Waals surface area contributed by atoms with E-state index in [0.717, 1.165) is 5.56 Å². The zero-order valence-corrected chi connectivity index (χ0v) is 12.4. The summed E-state index contributed by atoms with van der Waals surface area (Å²) in [5.41, 5.74) is 1.61. The fraction of sp³-hybridized carbons (Fsp3) is 0.385. The molecule has 0 fully saturated rings. The summed E-state index contributed by atoms with van der Waals surface area (Å²) >= 11 is 7.21. The number of rotatable bonds is 6. The van der Waals surface area contributed by atoms with E-state index in [1.807, 2.05) is 13.0 Å². The fourth-order valence-electron chi connectivity index (χ4n) is 1.34. The first kappa shape index (κ1) is 15.9. The number of nitrogens with one attached hydrogen (secondary N) is 1. The number of hydrogen-bond donors (Lipinski definition) is 1. The smallest absolute Gasteiger partial charge is 0.315 e. The summed E-state index contributed by atoms with van der Waals surface area (Å²) < 4.78 is 4.76. The molecule has 0 aliphatic rings. The summed E-state index contributed by atoms with van der Waals surface area (Å²) in [6.07, 6.45) is 0. The molecular weight excluding hydrogens is 286 g/mol. The van der Waals surface area contributed by atoms with Gasteiger partial charge in [-0.25, -0.2) is 0 Å². The molecule has 6 heteroatoms. The summed E-state index contributed by atoms with van der Waals surface area (Å²) in [6, 6.07) is 5.40. The quantitative estimate of drug-likeness (QED) is 0.821. The van der Waals surface area contributed by atoms with E-state index < -0.39 is 0 Å². The van der Waals surface area contributed by atoms with Crippen LogP contribution in [0.3, 0.4) is 0 Å². The van der Waals surface area contributed by atoms with Gasteiger partial charge < -0.3 is 10.1 Å². The van der Waals surface area contributed by atoms with E-state index in [0.29, 0.717) is 17.3 Å². The number of benzene rings is 1. The summed E-state index contributed by atoms with van der Waals surface area (Å²) in [7, 11) is 0. The van der Waals surface area contributed by atoms with Crippen LogP contribution in [0.2, 0.25) is 5.02 Å². The molecule has 0 aromatic heterocycles. The van der Waals surface area contributed by atoms with E-state index in [2.05, 4.69) is 5.32 Å². The Balaban J connectivity index is 2.37. The lowest BCUT2D eigenvalue weighted by atomic mass is 10.2. The number of thioether (sulfide) groups is 1. The number of carbonyl (C=O) groups excluding carboxylic acids is 2. The zero-order valence-electron chi connectivity index (χ0n) is 10.9. The van der Waals surface area contributed by atoms with Crippen molar-refractivity contribution in [3.63, 3.8) is 0 Å². The van der Waals surface area contributed by atoms with Gasteiger partial charge in [0.1, 0.15) is 0 Å². The minimum atomic E-state index is -0.311. The maximum Gasteiger partial charge on any atom is 0.315 e. The predicted octanol–water partition coefficient (Wildman–Crippen LogP) is 2.88. The highest BCUT2D eigenvalue weighted by Crippen LogP contribution is 2.22. The zero-order chi connectivity index (χ0) is 14.3. The Hall–Kier alpha value is -1.20. The van der Waals surface area contributed by atoms with Gasteiger partial charge in [0.25, 0.3) is 0 Å². The standard InChI is InChI=1S/C13H16ClNO3S/c1-3-18-13(17)8-19-7-12(16)15-11-5-4-9(2)6-10(11)14/h4-6H,3,7-8H2,1-2H3,(H,15,16). The molecule has 1 amide bonds. The Morgan fingerprint density at radius 1 is 1.37 bits per heavy atom. The van der Waals surface area contributed by atoms with Crippen molar-refractivity contribution in [2.24, 2.45) is 0 Å². The summed E-state index contributed by atoms with van der Waals surface area (Å²) in [5.74, 6) is -0.153. The Kier molecular flexibility index (Phi) is 6.73. The molecule has 1 rings (SSSR count). The molecule has 19 heavy (non-hydrogen) atoms. The van der Waals surface area contributed by atoms with Crippen molar-refractivity contribution < 1.29 is 14.3 Å². The number of halogens is 1. The minimum Gasteiger partial charge on any atom is -0.465 e. The van der Waals surface area contributed by atoms with Crippen LogP contribution in [0.4, 0.5) is 5.69 Å². The molecule has 0 heterocycles. The first-order valence-electron chi connectivity index (χ1n) is 5.82. The average molecular weight is 302 g/mol. The number of amides is 1. The molecule has 1 aromatic rings. The number of esters is 1. The van der Waals surface area contributed by atoms with Gasteiger partial charge >= 0.3 is 5.97 Å². The minimum absolute atomic E-state index is 0.170. The van der Waals surface area contributed by atoms with Gasteiger partial charge in [-0.05, 0) is 31.5 Å². The largest absolute Gasteiger partial charge is 0.465 e. The molecule has 0 saturated carbocycles. The van der Waals surface area contributed by atoms with E-state index in [1.54, 1.807) is 19.1 Å². The van der Waals surface area contributed by atoms with Gasteiger partial charge in [0.15, 0.2) is 0 Å². The Morgan fingerprint density at radius 2 is 2.11 bits per heavy atom. The van der Waals surface area contributed by atoms with Crippen LogP contribution in [-0.2, 0) is 14.3 Å². The molecule has 0 radical (unpaired) electrons. The van der Waals surface area contributed by atoms with Crippen molar-refractivity contribution in [3.8, 4) is 0 Å². The third-order valence-electron chi connectivity index (χ3n) is 2.16. The van der Waals surface area contributed by atoms with Crippen molar-refractivity contribution >= 4 is 40.9 Å². The monoisotopic (exact) mass is 301 g/mol. The lowest BCUT2D eigenvalue weighted by Crippen LogP contribution is -2.16. The molecule has 1 aromatic carbocycles. The summed E-state index contributed by atoms with van der Waals surface area (Å²) in [6.45, 7) is 4.02. The van der Waals surface area contributed by atoms with Gasteiger partial charge in [-0.15, -0.1) is 11.8 Å². The second kappa shape index (κ2) is 8.07. The number of carbonyl (C=O) groups is 2. The van der Waals surface area contributed by atoms with E-state index in [-0.39, 0.29) is 23.4 Å². The Morgan fingerprint density at radius 3 is 2.74 bits per heavy atom. The molecule has 0 atom stereocenters. The third-order valence-corrected chi connectivity index (χ3v) is 3.38. The summed E-state index contributed by atoms with van der Waals surface area (Å²) in [4.78, 5) is 22.7. The van der Waals surface area contributed by atoms with E-state index >= 15 is 0 Å². The lowest BCUT2D eigenvalue weighted by molar-refractivity contribution is -0.139. The van der Waals surface area contributed by atoms with Crippen molar-refractivity contribution in [1.82, 2.24) is 0 Å². The van der Waals surface area contributed by atoms with Crippen LogP contribution < -0.4 is 5.32 Å². The molecule has 0 spiro atoms. The highest BCUT2D eigenvalue weighted by Gasteiger charge is 2.08. The highest BCUT2D eigenvalue weighted by molar-refractivity contribution is 8.00. The van der Waals surface area contributed by atoms with Gasteiger partial charge in [0, 0.05) is 0 Å². The van der Waals surface area contributed by atoms with Crippen LogP contribution in [0.25, 0.3) is 0 Å². The van der Waals surface area contributed by atoms with Gasteiger partial charge in [0.05, 0.1) is 28.8 Å². The molecule has 0 bridgehead atoms. The normalized spacial score (nSPS) is 10.1. The number of ether oxygens (including phenoxy) is 1. The lowest BCUT2D eigenvalue weighted by Gasteiger charge is -2.07. The van der Waals surface area contributed by atoms with Gasteiger partial charge in [-0.2, -0.15) is 0 Å². The van der Waals surface area contributed by atoms with E-state index in [1.165, 1.54) is 11.8 Å². The molecule has 0 aliphatic carbocycles. The number of hydrogen-bond acceptors (Lipinski definition) is 4. The highest BCUT2D eigenvalue weighted by atomic mass is 35.5. The maximum absolute atomic E-state index is 11.6. The van der Waals surface area contributed by atoms with Crippen LogP contribution in [0, 0.1) is 6.92 Å².